The molecule has 0 bridgehead atoms. The largest absolute Gasteiger partial charge is 0.383 e. The summed E-state index contributed by atoms with van der Waals surface area (Å²) >= 11 is 6.08. The normalized spacial score (nSPS) is 12.6. The SMILES string of the molecule is COCCNCC(C)NCc1ccccc1Cl. The third-order valence-corrected chi connectivity index (χ3v) is 2.90. The Kier molecular flexibility index (Phi) is 7.21. The van der Waals surface area contributed by atoms with Gasteiger partial charge in [0.1, 0.15) is 0 Å². The van der Waals surface area contributed by atoms with E-state index in [0.29, 0.717) is 6.04 Å². The average molecular weight is 257 g/mol. The zero-order valence-electron chi connectivity index (χ0n) is 10.5. The van der Waals surface area contributed by atoms with Crippen LogP contribution in [0.5, 0.6) is 0 Å². The molecule has 1 atom stereocenters. The second-order valence-corrected chi connectivity index (χ2v) is 4.48. The van der Waals surface area contributed by atoms with E-state index in [-0.39, 0.29) is 0 Å². The van der Waals surface area contributed by atoms with E-state index >= 15 is 0 Å². The summed E-state index contributed by atoms with van der Waals surface area (Å²) in [5.74, 6) is 0. The van der Waals surface area contributed by atoms with Gasteiger partial charge in [-0.3, -0.25) is 0 Å². The van der Waals surface area contributed by atoms with Crippen LogP contribution in [0.4, 0.5) is 0 Å². The lowest BCUT2D eigenvalue weighted by atomic mass is 10.2. The summed E-state index contributed by atoms with van der Waals surface area (Å²) in [6.45, 7) is 5.50. The summed E-state index contributed by atoms with van der Waals surface area (Å²) in [5.41, 5.74) is 1.14. The first kappa shape index (κ1) is 14.5. The van der Waals surface area contributed by atoms with Crippen molar-refractivity contribution in [3.05, 3.63) is 34.9 Å². The van der Waals surface area contributed by atoms with Crippen LogP contribution in [0.3, 0.4) is 0 Å². The van der Waals surface area contributed by atoms with Gasteiger partial charge in [0.15, 0.2) is 0 Å². The molecule has 0 saturated carbocycles. The maximum Gasteiger partial charge on any atom is 0.0587 e. The van der Waals surface area contributed by atoms with Gasteiger partial charge in [-0.15, -0.1) is 0 Å². The van der Waals surface area contributed by atoms with Crippen LogP contribution in [0.2, 0.25) is 5.02 Å². The Morgan fingerprint density at radius 2 is 2.12 bits per heavy atom. The number of halogens is 1. The van der Waals surface area contributed by atoms with Gasteiger partial charge in [0.05, 0.1) is 6.61 Å². The van der Waals surface area contributed by atoms with Gasteiger partial charge in [0.25, 0.3) is 0 Å². The highest BCUT2D eigenvalue weighted by atomic mass is 35.5. The van der Waals surface area contributed by atoms with E-state index in [2.05, 4.69) is 17.6 Å². The minimum atomic E-state index is 0.406. The zero-order valence-corrected chi connectivity index (χ0v) is 11.3. The summed E-state index contributed by atoms with van der Waals surface area (Å²) in [4.78, 5) is 0. The molecule has 1 unspecified atom stereocenters. The van der Waals surface area contributed by atoms with Gasteiger partial charge >= 0.3 is 0 Å². The van der Waals surface area contributed by atoms with Crippen molar-refractivity contribution >= 4 is 11.6 Å². The molecule has 0 amide bonds. The molecule has 0 aliphatic rings. The Balaban J connectivity index is 2.19. The molecule has 1 rings (SSSR count). The molecule has 0 fully saturated rings. The number of nitrogens with one attached hydrogen (secondary N) is 2. The van der Waals surface area contributed by atoms with Crippen LogP contribution < -0.4 is 10.6 Å². The maximum atomic E-state index is 6.08. The van der Waals surface area contributed by atoms with Crippen molar-refractivity contribution in [2.75, 3.05) is 26.8 Å². The minimum absolute atomic E-state index is 0.406. The van der Waals surface area contributed by atoms with Crippen molar-refractivity contribution in [3.8, 4) is 0 Å². The van der Waals surface area contributed by atoms with Crippen molar-refractivity contribution in [2.45, 2.75) is 19.5 Å². The number of methoxy groups -OCH3 is 1. The van der Waals surface area contributed by atoms with E-state index in [9.17, 15) is 0 Å². The van der Waals surface area contributed by atoms with Crippen molar-refractivity contribution in [1.82, 2.24) is 10.6 Å². The van der Waals surface area contributed by atoms with Crippen molar-refractivity contribution < 1.29 is 4.74 Å². The van der Waals surface area contributed by atoms with Gasteiger partial charge in [-0.05, 0) is 18.6 Å². The van der Waals surface area contributed by atoms with Crippen LogP contribution >= 0.6 is 11.6 Å². The lowest BCUT2D eigenvalue weighted by Gasteiger charge is -2.15. The Labute approximate surface area is 109 Å². The van der Waals surface area contributed by atoms with E-state index in [1.165, 1.54) is 0 Å². The third kappa shape index (κ3) is 6.03. The topological polar surface area (TPSA) is 33.3 Å². The van der Waals surface area contributed by atoms with Crippen molar-refractivity contribution in [2.24, 2.45) is 0 Å². The molecule has 0 saturated heterocycles. The molecule has 0 aromatic heterocycles. The second-order valence-electron chi connectivity index (χ2n) is 4.07. The Morgan fingerprint density at radius 3 is 2.82 bits per heavy atom. The zero-order chi connectivity index (χ0) is 12.5. The molecule has 4 heteroatoms. The quantitative estimate of drug-likeness (QED) is 0.699. The molecule has 0 radical (unpaired) electrons. The lowest BCUT2D eigenvalue weighted by Crippen LogP contribution is -2.37. The van der Waals surface area contributed by atoms with Crippen LogP contribution in [0, 0.1) is 0 Å². The van der Waals surface area contributed by atoms with Crippen molar-refractivity contribution in [1.29, 1.82) is 0 Å². The third-order valence-electron chi connectivity index (χ3n) is 2.53. The van der Waals surface area contributed by atoms with Gasteiger partial charge in [0, 0.05) is 37.8 Å². The summed E-state index contributed by atoms with van der Waals surface area (Å²) in [5, 5.41) is 7.56. The Hall–Kier alpha value is -0.610. The number of rotatable bonds is 8. The fourth-order valence-corrected chi connectivity index (χ4v) is 1.69. The van der Waals surface area contributed by atoms with Crippen LogP contribution in [0.15, 0.2) is 24.3 Å². The van der Waals surface area contributed by atoms with Crippen LogP contribution in [0.25, 0.3) is 0 Å². The highest BCUT2D eigenvalue weighted by Crippen LogP contribution is 2.14. The predicted molar refractivity (Wildman–Crippen MR) is 72.5 cm³/mol. The van der Waals surface area contributed by atoms with Gasteiger partial charge < -0.3 is 15.4 Å². The van der Waals surface area contributed by atoms with Crippen LogP contribution in [0.1, 0.15) is 12.5 Å². The van der Waals surface area contributed by atoms with Gasteiger partial charge in [-0.2, -0.15) is 0 Å². The van der Waals surface area contributed by atoms with E-state index in [4.69, 9.17) is 16.3 Å². The molecule has 1 aromatic carbocycles. The molecule has 0 aliphatic carbocycles. The Bertz CT molecular complexity index is 320. The Morgan fingerprint density at radius 1 is 1.35 bits per heavy atom. The molecular formula is C13H21ClN2O. The number of benzene rings is 1. The van der Waals surface area contributed by atoms with Gasteiger partial charge in [-0.25, -0.2) is 0 Å². The second kappa shape index (κ2) is 8.48. The number of ether oxygens (including phenoxy) is 1. The van der Waals surface area contributed by atoms with Gasteiger partial charge in [0.2, 0.25) is 0 Å². The standard InChI is InChI=1S/C13H21ClN2O/c1-11(9-15-7-8-17-2)16-10-12-5-3-4-6-13(12)14/h3-6,11,15-16H,7-10H2,1-2H3. The van der Waals surface area contributed by atoms with E-state index < -0.39 is 0 Å². The molecule has 3 nitrogen and oxygen atoms in total. The molecule has 2 N–H and O–H groups in total. The molecule has 1 aromatic rings. The summed E-state index contributed by atoms with van der Waals surface area (Å²) < 4.78 is 4.97. The smallest absolute Gasteiger partial charge is 0.0587 e. The highest BCUT2D eigenvalue weighted by molar-refractivity contribution is 6.31. The highest BCUT2D eigenvalue weighted by Gasteiger charge is 2.02. The van der Waals surface area contributed by atoms with Gasteiger partial charge in [-0.1, -0.05) is 29.8 Å². The first-order chi connectivity index (χ1) is 8.24. The fourth-order valence-electron chi connectivity index (χ4n) is 1.49. The van der Waals surface area contributed by atoms with E-state index in [1.54, 1.807) is 7.11 Å². The monoisotopic (exact) mass is 256 g/mol. The molecule has 0 heterocycles. The molecule has 96 valence electrons. The fraction of sp³-hybridized carbons (Fsp3) is 0.538. The van der Waals surface area contributed by atoms with E-state index in [0.717, 1.165) is 36.8 Å². The summed E-state index contributed by atoms with van der Waals surface area (Å²) in [7, 11) is 1.71. The molecular weight excluding hydrogens is 236 g/mol. The van der Waals surface area contributed by atoms with Crippen LogP contribution in [-0.2, 0) is 11.3 Å². The predicted octanol–water partition coefficient (Wildman–Crippen LogP) is 2.05. The first-order valence-corrected chi connectivity index (χ1v) is 6.28. The summed E-state index contributed by atoms with van der Waals surface area (Å²) in [6.07, 6.45) is 0. The first-order valence-electron chi connectivity index (χ1n) is 5.90. The van der Waals surface area contributed by atoms with Crippen molar-refractivity contribution in [3.63, 3.8) is 0 Å². The molecule has 17 heavy (non-hydrogen) atoms. The molecule has 0 spiro atoms. The number of hydrogen-bond donors (Lipinski definition) is 2. The molecule has 0 aliphatic heterocycles. The maximum absolute atomic E-state index is 6.08. The minimum Gasteiger partial charge on any atom is -0.383 e. The van der Waals surface area contributed by atoms with Crippen LogP contribution in [-0.4, -0.2) is 32.8 Å². The van der Waals surface area contributed by atoms with E-state index in [1.807, 2.05) is 24.3 Å². The lowest BCUT2D eigenvalue weighted by molar-refractivity contribution is 0.198. The number of hydrogen-bond acceptors (Lipinski definition) is 3. The summed E-state index contributed by atoms with van der Waals surface area (Å²) in [6, 6.07) is 8.31. The average Bonchev–Trinajstić information content (AvgIpc) is 2.34.